The Morgan fingerprint density at radius 2 is 1.59 bits per heavy atom. The first-order chi connectivity index (χ1) is 12.4. The highest BCUT2D eigenvalue weighted by Crippen LogP contribution is 2.37. The zero-order valence-electron chi connectivity index (χ0n) is 14.0. The summed E-state index contributed by atoms with van der Waals surface area (Å²) in [6.07, 6.45) is 3.47. The van der Waals surface area contributed by atoms with Gasteiger partial charge < -0.3 is 21.9 Å². The average Bonchev–Trinajstić information content (AvgIpc) is 2.59. The molecule has 27 heavy (non-hydrogen) atoms. The van der Waals surface area contributed by atoms with Gasteiger partial charge in [0.1, 0.15) is 18.4 Å². The largest absolute Gasteiger partial charge is 1.00 e. The molecule has 0 saturated carbocycles. The number of esters is 1. The summed E-state index contributed by atoms with van der Waals surface area (Å²) in [5.41, 5.74) is 0.394. The Kier molecular flexibility index (Phi) is 7.33. The third-order valence-corrected chi connectivity index (χ3v) is 4.16. The molecule has 0 fully saturated rings. The molecule has 3 aromatic rings. The maximum atomic E-state index is 12.4. The van der Waals surface area contributed by atoms with Gasteiger partial charge in [0.25, 0.3) is 0 Å². The molecule has 0 N–H and O–H groups in total. The van der Waals surface area contributed by atoms with Gasteiger partial charge in [-0.3, -0.25) is 0 Å². The summed E-state index contributed by atoms with van der Waals surface area (Å²) in [7, 11) is 1.81. The number of aryl methyl sites for hydroxylation is 1. The lowest BCUT2D eigenvalue weighted by molar-refractivity contribution is -0.671. The van der Waals surface area contributed by atoms with Crippen LogP contribution in [0, 0.1) is 0 Å². The molecule has 0 aliphatic carbocycles. The van der Waals surface area contributed by atoms with Gasteiger partial charge in [0, 0.05) is 22.2 Å². The quantitative estimate of drug-likeness (QED) is 0.352. The number of carbonyl (C=O) groups is 1. The number of halogens is 4. The summed E-state index contributed by atoms with van der Waals surface area (Å²) in [5, 5.41) is 1.22. The van der Waals surface area contributed by atoms with Crippen molar-refractivity contribution in [2.45, 2.75) is 0 Å². The van der Waals surface area contributed by atoms with E-state index in [1.807, 2.05) is 13.2 Å². The van der Waals surface area contributed by atoms with E-state index in [4.69, 9.17) is 44.3 Å². The highest BCUT2D eigenvalue weighted by atomic mass is 35.5. The van der Waals surface area contributed by atoms with E-state index in [2.05, 4.69) is 0 Å². The number of pyridine rings is 1. The minimum absolute atomic E-state index is 0. The molecule has 0 radical (unpaired) electrons. The number of ether oxygens (including phenoxy) is 2. The fourth-order valence-corrected chi connectivity index (χ4v) is 2.80. The zero-order valence-corrected chi connectivity index (χ0v) is 17.0. The molecular formula is C19H13Cl4NO3. The number of nitrogens with zero attached hydrogens (tertiary/aromatic N) is 1. The van der Waals surface area contributed by atoms with Crippen LogP contribution in [0.1, 0.15) is 10.4 Å². The van der Waals surface area contributed by atoms with Crippen LogP contribution >= 0.6 is 34.8 Å². The number of hydrogen-bond acceptors (Lipinski definition) is 3. The lowest BCUT2D eigenvalue weighted by Crippen LogP contribution is -3.00. The third-order valence-electron chi connectivity index (χ3n) is 3.40. The molecule has 0 unspecified atom stereocenters. The number of aromatic nitrogens is 1. The van der Waals surface area contributed by atoms with Crippen molar-refractivity contribution in [2.75, 3.05) is 0 Å². The summed E-state index contributed by atoms with van der Waals surface area (Å²) in [6.45, 7) is 0. The van der Waals surface area contributed by atoms with Crippen LogP contribution in [0.25, 0.3) is 0 Å². The summed E-state index contributed by atoms with van der Waals surface area (Å²) in [4.78, 5) is 12.4. The first-order valence-corrected chi connectivity index (χ1v) is 8.66. The normalized spacial score (nSPS) is 10.1. The van der Waals surface area contributed by atoms with Crippen LogP contribution in [0.2, 0.25) is 15.1 Å². The van der Waals surface area contributed by atoms with Gasteiger partial charge in [-0.25, -0.2) is 9.36 Å². The second kappa shape index (κ2) is 9.29. The number of hydrogen-bond donors (Lipinski definition) is 0. The maximum Gasteiger partial charge on any atom is 0.349 e. The second-order valence-corrected chi connectivity index (χ2v) is 6.70. The molecule has 0 amide bonds. The summed E-state index contributed by atoms with van der Waals surface area (Å²) < 4.78 is 13.0. The molecule has 2 aromatic carbocycles. The van der Waals surface area contributed by atoms with E-state index in [9.17, 15) is 4.79 Å². The highest BCUT2D eigenvalue weighted by Gasteiger charge is 2.17. The van der Waals surface area contributed by atoms with Crippen molar-refractivity contribution in [2.24, 2.45) is 7.05 Å². The van der Waals surface area contributed by atoms with Crippen molar-refractivity contribution in [1.82, 2.24) is 0 Å². The van der Waals surface area contributed by atoms with Gasteiger partial charge in [0.05, 0.1) is 5.02 Å². The molecule has 0 spiro atoms. The van der Waals surface area contributed by atoms with Gasteiger partial charge in [-0.2, -0.15) is 0 Å². The topological polar surface area (TPSA) is 39.4 Å². The van der Waals surface area contributed by atoms with E-state index < -0.39 is 5.97 Å². The Bertz CT molecular complexity index is 979. The Hall–Kier alpha value is -1.98. The van der Waals surface area contributed by atoms with Crippen molar-refractivity contribution in [3.63, 3.8) is 0 Å². The summed E-state index contributed by atoms with van der Waals surface area (Å²) in [5.74, 6) is 0.324. The van der Waals surface area contributed by atoms with Gasteiger partial charge in [-0.05, 0) is 36.4 Å². The van der Waals surface area contributed by atoms with Gasteiger partial charge in [-0.1, -0.05) is 34.8 Å². The van der Waals surface area contributed by atoms with Gasteiger partial charge in [0.2, 0.25) is 0 Å². The number of rotatable bonds is 4. The van der Waals surface area contributed by atoms with Crippen LogP contribution in [0.15, 0.2) is 60.9 Å². The first kappa shape index (κ1) is 21.3. The lowest BCUT2D eigenvalue weighted by atomic mass is 10.2. The minimum atomic E-state index is -0.532. The molecule has 0 bridgehead atoms. The van der Waals surface area contributed by atoms with E-state index in [-0.39, 0.29) is 18.2 Å². The zero-order chi connectivity index (χ0) is 18.7. The van der Waals surface area contributed by atoms with Gasteiger partial charge in [-0.15, -0.1) is 0 Å². The molecule has 0 aliphatic rings. The van der Waals surface area contributed by atoms with Crippen molar-refractivity contribution >= 4 is 40.8 Å². The number of benzene rings is 2. The van der Waals surface area contributed by atoms with Crippen molar-refractivity contribution < 1.29 is 31.2 Å². The molecule has 140 valence electrons. The molecule has 1 aromatic heterocycles. The highest BCUT2D eigenvalue weighted by molar-refractivity contribution is 6.35. The average molecular weight is 445 g/mol. The lowest BCUT2D eigenvalue weighted by Gasteiger charge is -2.12. The fraction of sp³-hybridized carbons (Fsp3) is 0.0526. The number of carbonyl (C=O) groups excluding carboxylic acids is 1. The predicted molar refractivity (Wildman–Crippen MR) is 101 cm³/mol. The van der Waals surface area contributed by atoms with E-state index in [0.717, 1.165) is 0 Å². The van der Waals surface area contributed by atoms with Crippen LogP contribution in [-0.4, -0.2) is 5.97 Å². The van der Waals surface area contributed by atoms with Crippen LogP contribution in [0.3, 0.4) is 0 Å². The summed E-state index contributed by atoms with van der Waals surface area (Å²) in [6, 6.07) is 13.0. The molecule has 1 heterocycles. The van der Waals surface area contributed by atoms with Gasteiger partial charge >= 0.3 is 5.97 Å². The van der Waals surface area contributed by atoms with E-state index in [1.54, 1.807) is 53.2 Å². The summed E-state index contributed by atoms with van der Waals surface area (Å²) >= 11 is 18.1. The second-order valence-electron chi connectivity index (χ2n) is 5.42. The van der Waals surface area contributed by atoms with Crippen LogP contribution in [0.4, 0.5) is 0 Å². The van der Waals surface area contributed by atoms with Crippen LogP contribution < -0.4 is 26.4 Å². The maximum absolute atomic E-state index is 12.4. The molecule has 0 aliphatic heterocycles. The Morgan fingerprint density at radius 3 is 2.26 bits per heavy atom. The Labute approximate surface area is 177 Å². The Balaban J connectivity index is 0.00000261. The molecule has 3 rings (SSSR count). The fourth-order valence-electron chi connectivity index (χ4n) is 2.19. The minimum Gasteiger partial charge on any atom is -1.00 e. The SMILES string of the molecule is C[n+]1cccc(C(=O)Oc2cc(Cl)ccc2Oc2ccc(Cl)cc2Cl)c1.[Cl-]. The molecule has 8 heteroatoms. The predicted octanol–water partition coefficient (Wildman–Crippen LogP) is 2.49. The van der Waals surface area contributed by atoms with Crippen molar-refractivity contribution in [3.8, 4) is 17.2 Å². The van der Waals surface area contributed by atoms with Crippen LogP contribution in [0.5, 0.6) is 17.2 Å². The molecular weight excluding hydrogens is 432 g/mol. The molecule has 4 nitrogen and oxygen atoms in total. The molecule has 0 atom stereocenters. The van der Waals surface area contributed by atoms with E-state index in [1.165, 1.54) is 6.07 Å². The first-order valence-electron chi connectivity index (χ1n) is 7.52. The van der Waals surface area contributed by atoms with Crippen molar-refractivity contribution in [3.05, 3.63) is 81.6 Å². The van der Waals surface area contributed by atoms with E-state index >= 15 is 0 Å². The van der Waals surface area contributed by atoms with Crippen LogP contribution in [-0.2, 0) is 7.05 Å². The Morgan fingerprint density at radius 1 is 0.926 bits per heavy atom. The monoisotopic (exact) mass is 443 g/mol. The van der Waals surface area contributed by atoms with Crippen molar-refractivity contribution in [1.29, 1.82) is 0 Å². The standard InChI is InChI=1S/C19H13Cl3NO3.ClH/c1-23-8-2-3-12(11-23)19(24)26-18-10-14(21)5-7-17(18)25-16-6-4-13(20)9-15(16)22;/h2-11H,1H3;1H/q+1;/p-1. The third kappa shape index (κ3) is 5.50. The van der Waals surface area contributed by atoms with Gasteiger partial charge in [0.15, 0.2) is 23.9 Å². The smallest absolute Gasteiger partial charge is 0.349 e. The van der Waals surface area contributed by atoms with E-state index in [0.29, 0.717) is 32.1 Å². The molecule has 0 saturated heterocycles.